The molecule has 1 heterocycles. The van der Waals surface area contributed by atoms with E-state index in [1.54, 1.807) is 0 Å². The predicted molar refractivity (Wildman–Crippen MR) is 110 cm³/mol. The third-order valence-electron chi connectivity index (χ3n) is 5.80. The number of hydrogen-bond donors (Lipinski definition) is 1. The van der Waals surface area contributed by atoms with Gasteiger partial charge in [-0.15, -0.1) is 0 Å². The molecule has 0 aromatic carbocycles. The summed E-state index contributed by atoms with van der Waals surface area (Å²) in [5.74, 6) is -1.80. The molecule has 1 fully saturated rings. The topological polar surface area (TPSA) is 78.8 Å². The van der Waals surface area contributed by atoms with Crippen LogP contribution >= 0.6 is 0 Å². The fourth-order valence-corrected chi connectivity index (χ4v) is 3.99. The van der Waals surface area contributed by atoms with E-state index in [2.05, 4.69) is 6.92 Å². The zero-order valence-electron chi connectivity index (χ0n) is 19.2. The van der Waals surface area contributed by atoms with Crippen molar-refractivity contribution in [1.82, 2.24) is 0 Å². The number of carbonyl (C=O) groups is 1. The molecular formula is C23H43NaO5. The molecule has 0 saturated carbocycles. The van der Waals surface area contributed by atoms with Crippen molar-refractivity contribution in [2.45, 2.75) is 129 Å². The van der Waals surface area contributed by atoms with E-state index in [4.69, 9.17) is 9.47 Å². The summed E-state index contributed by atoms with van der Waals surface area (Å²) in [6.45, 7) is 4.71. The first-order valence-corrected chi connectivity index (χ1v) is 11.7. The predicted octanol–water partition coefficient (Wildman–Crippen LogP) is 1.35. The summed E-state index contributed by atoms with van der Waals surface area (Å²) in [4.78, 5) is 11.5. The van der Waals surface area contributed by atoms with Gasteiger partial charge in [-0.1, -0.05) is 71.6 Å². The fraction of sp³-hybridized carbons (Fsp3) is 0.957. The second kappa shape index (κ2) is 19.1. The van der Waals surface area contributed by atoms with Crippen molar-refractivity contribution in [2.24, 2.45) is 5.92 Å². The Morgan fingerprint density at radius 3 is 2.21 bits per heavy atom. The van der Waals surface area contributed by atoms with Crippen molar-refractivity contribution in [2.75, 3.05) is 6.61 Å². The Hall–Kier alpha value is 0.350. The molecule has 1 aliphatic heterocycles. The number of aliphatic carboxylic acids is 1. The van der Waals surface area contributed by atoms with Crippen LogP contribution in [0.25, 0.3) is 0 Å². The number of ether oxygens (including phenoxy) is 2. The minimum Gasteiger partial charge on any atom is -0.550 e. The Morgan fingerprint density at radius 2 is 1.69 bits per heavy atom. The average Bonchev–Trinajstić information content (AvgIpc) is 2.67. The van der Waals surface area contributed by atoms with E-state index in [-0.39, 0.29) is 35.8 Å². The number of aliphatic hydroxyl groups is 1. The van der Waals surface area contributed by atoms with Gasteiger partial charge in [-0.05, 0) is 32.1 Å². The Balaban J connectivity index is 0.00000784. The van der Waals surface area contributed by atoms with Crippen molar-refractivity contribution in [3.63, 3.8) is 0 Å². The Kier molecular flexibility index (Phi) is 19.3. The molecular weight excluding hydrogens is 379 g/mol. The second-order valence-electron chi connectivity index (χ2n) is 8.31. The number of unbranched alkanes of at least 4 members (excludes halogenated alkanes) is 8. The maximum atomic E-state index is 11.5. The van der Waals surface area contributed by atoms with Gasteiger partial charge in [0.05, 0.1) is 12.2 Å². The van der Waals surface area contributed by atoms with Crippen LogP contribution in [0.4, 0.5) is 0 Å². The van der Waals surface area contributed by atoms with E-state index in [0.717, 1.165) is 32.1 Å². The SMILES string of the molecule is CCCCCCCCCCC[C@@H](O)C[C@H](OC1CCCCO1)[C@H](CC)C(=O)[O-].[Na+]. The molecule has 0 aromatic rings. The molecule has 29 heavy (non-hydrogen) atoms. The van der Waals surface area contributed by atoms with E-state index >= 15 is 0 Å². The maximum absolute atomic E-state index is 11.5. The van der Waals surface area contributed by atoms with Gasteiger partial charge in [-0.2, -0.15) is 0 Å². The van der Waals surface area contributed by atoms with Gasteiger partial charge in [0.25, 0.3) is 0 Å². The molecule has 0 aliphatic carbocycles. The van der Waals surface area contributed by atoms with Crippen LogP contribution in [-0.4, -0.2) is 36.2 Å². The summed E-state index contributed by atoms with van der Waals surface area (Å²) in [5, 5.41) is 21.9. The number of hydrogen-bond acceptors (Lipinski definition) is 5. The second-order valence-corrected chi connectivity index (χ2v) is 8.31. The molecule has 0 bridgehead atoms. The standard InChI is InChI=1S/C23H44O5.Na/c1-3-5-6-7-8-9-10-11-12-15-19(24)18-21(20(4-2)23(25)26)28-22-16-13-14-17-27-22;/h19-22,24H,3-18H2,1-2H3,(H,25,26);/q;+1/p-1/t19-,20+,21+,22?;/m1./s1. The van der Waals surface area contributed by atoms with Crippen molar-refractivity contribution >= 4 is 5.97 Å². The normalized spacial score (nSPS) is 19.9. The zero-order valence-corrected chi connectivity index (χ0v) is 21.2. The van der Waals surface area contributed by atoms with Gasteiger partial charge in [0.1, 0.15) is 0 Å². The molecule has 0 aromatic heterocycles. The van der Waals surface area contributed by atoms with Crippen molar-refractivity contribution in [3.8, 4) is 0 Å². The molecule has 1 saturated heterocycles. The first kappa shape index (κ1) is 29.4. The quantitative estimate of drug-likeness (QED) is 0.283. The van der Waals surface area contributed by atoms with E-state index in [9.17, 15) is 15.0 Å². The number of carbonyl (C=O) groups excluding carboxylic acids is 1. The third kappa shape index (κ3) is 14.1. The minimum atomic E-state index is -1.10. The molecule has 0 spiro atoms. The van der Waals surface area contributed by atoms with Crippen LogP contribution in [0.3, 0.4) is 0 Å². The van der Waals surface area contributed by atoms with Crippen molar-refractivity contribution in [3.05, 3.63) is 0 Å². The summed E-state index contributed by atoms with van der Waals surface area (Å²) in [6, 6.07) is 0. The van der Waals surface area contributed by atoms with Crippen LogP contribution in [0.1, 0.15) is 110 Å². The van der Waals surface area contributed by atoms with Crippen LogP contribution in [0.2, 0.25) is 0 Å². The van der Waals surface area contributed by atoms with Gasteiger partial charge in [0.15, 0.2) is 6.29 Å². The van der Waals surface area contributed by atoms with E-state index < -0.39 is 24.1 Å². The van der Waals surface area contributed by atoms with Crippen LogP contribution in [0.15, 0.2) is 0 Å². The molecule has 1 N–H and O–H groups in total. The first-order valence-electron chi connectivity index (χ1n) is 11.7. The van der Waals surface area contributed by atoms with Gasteiger partial charge in [0.2, 0.25) is 0 Å². The largest absolute Gasteiger partial charge is 1.00 e. The monoisotopic (exact) mass is 422 g/mol. The Labute approximate surface area is 200 Å². The first-order chi connectivity index (χ1) is 13.6. The number of aliphatic hydroxyl groups excluding tert-OH is 1. The van der Waals surface area contributed by atoms with Gasteiger partial charge in [-0.3, -0.25) is 0 Å². The molecule has 0 radical (unpaired) electrons. The molecule has 6 heteroatoms. The molecule has 1 unspecified atom stereocenters. The van der Waals surface area contributed by atoms with Gasteiger partial charge >= 0.3 is 29.6 Å². The van der Waals surface area contributed by atoms with Gasteiger partial charge < -0.3 is 24.5 Å². The van der Waals surface area contributed by atoms with Crippen molar-refractivity contribution < 1.29 is 54.0 Å². The third-order valence-corrected chi connectivity index (χ3v) is 5.80. The summed E-state index contributed by atoms with van der Waals surface area (Å²) >= 11 is 0. The number of carboxylic acids is 1. The molecule has 1 rings (SSSR count). The van der Waals surface area contributed by atoms with E-state index in [1.165, 1.54) is 44.9 Å². The summed E-state index contributed by atoms with van der Waals surface area (Å²) in [5.41, 5.74) is 0. The van der Waals surface area contributed by atoms with Crippen molar-refractivity contribution in [1.29, 1.82) is 0 Å². The summed E-state index contributed by atoms with van der Waals surface area (Å²) < 4.78 is 11.6. The molecule has 1 aliphatic rings. The van der Waals surface area contributed by atoms with E-state index in [0.29, 0.717) is 25.9 Å². The molecule has 5 nitrogen and oxygen atoms in total. The smallest absolute Gasteiger partial charge is 0.550 e. The fourth-order valence-electron chi connectivity index (χ4n) is 3.99. The summed E-state index contributed by atoms with van der Waals surface area (Å²) in [6.07, 6.45) is 14.1. The Morgan fingerprint density at radius 1 is 1.07 bits per heavy atom. The van der Waals surface area contributed by atoms with Gasteiger partial charge in [-0.25, -0.2) is 0 Å². The number of rotatable bonds is 17. The maximum Gasteiger partial charge on any atom is 1.00 e. The summed E-state index contributed by atoms with van der Waals surface area (Å²) in [7, 11) is 0. The van der Waals surface area contributed by atoms with E-state index in [1.807, 2.05) is 6.92 Å². The van der Waals surface area contributed by atoms with Crippen LogP contribution in [0, 0.1) is 5.92 Å². The van der Waals surface area contributed by atoms with Crippen LogP contribution in [0.5, 0.6) is 0 Å². The average molecular weight is 423 g/mol. The number of carboxylic acid groups (broad SMARTS) is 1. The minimum absolute atomic E-state index is 0. The van der Waals surface area contributed by atoms with Crippen LogP contribution < -0.4 is 34.7 Å². The molecule has 4 atom stereocenters. The van der Waals surface area contributed by atoms with Gasteiger partial charge in [0, 0.05) is 24.9 Å². The molecule has 0 amide bonds. The zero-order chi connectivity index (χ0) is 20.6. The Bertz CT molecular complexity index is 387. The molecule has 166 valence electrons. The van der Waals surface area contributed by atoms with Crippen LogP contribution in [-0.2, 0) is 14.3 Å².